The molecule has 0 spiro atoms. The summed E-state index contributed by atoms with van der Waals surface area (Å²) in [4.78, 5) is 15.0. The summed E-state index contributed by atoms with van der Waals surface area (Å²) in [6.07, 6.45) is 0. The molecule has 0 saturated carbocycles. The van der Waals surface area contributed by atoms with Crippen molar-refractivity contribution in [3.8, 4) is 5.75 Å². The lowest BCUT2D eigenvalue weighted by molar-refractivity contribution is -0.128. The Kier molecular flexibility index (Phi) is 9.46. The monoisotopic (exact) mass is 318 g/mol. The van der Waals surface area contributed by atoms with E-state index in [2.05, 4.69) is 5.32 Å². The minimum Gasteiger partial charge on any atom is -0.497 e. The van der Waals surface area contributed by atoms with Gasteiger partial charge < -0.3 is 15.0 Å². The maximum Gasteiger partial charge on any atom is 0.235 e. The van der Waals surface area contributed by atoms with Crippen LogP contribution in [0.25, 0.3) is 0 Å². The molecule has 114 valence electrons. The summed E-state index contributed by atoms with van der Waals surface area (Å²) in [5, 5.41) is 2.95. The first-order valence-corrected chi connectivity index (χ1v) is 7.16. The zero-order chi connectivity index (χ0) is 14.3. The molecule has 0 aliphatic carbocycles. The van der Waals surface area contributed by atoms with Crippen LogP contribution in [0.5, 0.6) is 5.75 Å². The third-order valence-electron chi connectivity index (χ3n) is 2.79. The van der Waals surface area contributed by atoms with E-state index in [1.165, 1.54) is 0 Å². The number of hydrogen-bond donors (Lipinski definition) is 1. The lowest BCUT2D eigenvalue weighted by Gasteiger charge is -2.21. The van der Waals surface area contributed by atoms with Crippen molar-refractivity contribution in [1.29, 1.82) is 0 Å². The van der Waals surface area contributed by atoms with Crippen LogP contribution in [0.2, 0.25) is 0 Å². The maximum atomic E-state index is 12.1. The van der Waals surface area contributed by atoms with Gasteiger partial charge in [0.1, 0.15) is 5.75 Å². The van der Waals surface area contributed by atoms with E-state index in [0.717, 1.165) is 23.7 Å². The fraction of sp³-hybridized carbons (Fsp3) is 0.500. The van der Waals surface area contributed by atoms with Gasteiger partial charge in [0.2, 0.25) is 5.91 Å². The van der Waals surface area contributed by atoms with Crippen molar-refractivity contribution in [2.24, 2.45) is 0 Å². The van der Waals surface area contributed by atoms with Crippen LogP contribution >= 0.6 is 24.2 Å². The first kappa shape index (κ1) is 19.1. The lowest BCUT2D eigenvalue weighted by Crippen LogP contribution is -2.37. The zero-order valence-corrected chi connectivity index (χ0v) is 14.0. The van der Waals surface area contributed by atoms with E-state index in [0.29, 0.717) is 0 Å². The number of halogens is 1. The van der Waals surface area contributed by atoms with Crippen LogP contribution in [0.3, 0.4) is 0 Å². The van der Waals surface area contributed by atoms with E-state index in [4.69, 9.17) is 4.74 Å². The predicted molar refractivity (Wildman–Crippen MR) is 87.1 cm³/mol. The van der Waals surface area contributed by atoms with Crippen LogP contribution in [-0.4, -0.2) is 50.4 Å². The third-order valence-corrected chi connectivity index (χ3v) is 3.89. The summed E-state index contributed by atoms with van der Waals surface area (Å²) >= 11 is 1.57. The normalized spacial score (nSPS) is 11.4. The number of amides is 1. The molecule has 6 heteroatoms. The summed E-state index contributed by atoms with van der Waals surface area (Å²) in [5.41, 5.74) is 0. The Morgan fingerprint density at radius 1 is 1.40 bits per heavy atom. The zero-order valence-electron chi connectivity index (χ0n) is 12.4. The van der Waals surface area contributed by atoms with Gasteiger partial charge in [-0.1, -0.05) is 0 Å². The molecule has 4 nitrogen and oxygen atoms in total. The number of carbonyl (C=O) groups excluding carboxylic acids is 1. The standard InChI is InChI=1S/C14H22N2O2S.ClH/c1-11(14(17)16(3)10-9-15-2)19-13-7-5-12(18-4)6-8-13;/h5-8,11,15H,9-10H2,1-4H3;1H. The molecule has 1 amide bonds. The fourth-order valence-electron chi connectivity index (χ4n) is 1.61. The Hall–Kier alpha value is -0.910. The van der Waals surface area contributed by atoms with Crippen molar-refractivity contribution < 1.29 is 9.53 Å². The van der Waals surface area contributed by atoms with Gasteiger partial charge in [-0.15, -0.1) is 24.2 Å². The van der Waals surface area contributed by atoms with Crippen molar-refractivity contribution >= 4 is 30.1 Å². The molecule has 20 heavy (non-hydrogen) atoms. The number of nitrogens with one attached hydrogen (secondary N) is 1. The van der Waals surface area contributed by atoms with Crippen molar-refractivity contribution in [3.05, 3.63) is 24.3 Å². The summed E-state index contributed by atoms with van der Waals surface area (Å²) in [6, 6.07) is 7.76. The van der Waals surface area contributed by atoms with Gasteiger partial charge >= 0.3 is 0 Å². The van der Waals surface area contributed by atoms with Gasteiger partial charge in [0.15, 0.2) is 0 Å². The maximum absolute atomic E-state index is 12.1. The van der Waals surface area contributed by atoms with Gasteiger partial charge in [-0.05, 0) is 38.2 Å². The predicted octanol–water partition coefficient (Wildman–Crippen LogP) is 2.28. The molecular formula is C14H23ClN2O2S. The van der Waals surface area contributed by atoms with Crippen LogP contribution in [0.15, 0.2) is 29.2 Å². The summed E-state index contributed by atoms with van der Waals surface area (Å²) in [6.45, 7) is 3.47. The van der Waals surface area contributed by atoms with Crippen molar-refractivity contribution in [1.82, 2.24) is 10.2 Å². The highest BCUT2D eigenvalue weighted by Crippen LogP contribution is 2.26. The van der Waals surface area contributed by atoms with E-state index in [1.54, 1.807) is 23.8 Å². The fourth-order valence-corrected chi connectivity index (χ4v) is 2.59. The van der Waals surface area contributed by atoms with Crippen LogP contribution < -0.4 is 10.1 Å². The molecule has 1 aromatic rings. The van der Waals surface area contributed by atoms with Crippen molar-refractivity contribution in [2.75, 3.05) is 34.3 Å². The molecule has 0 aliphatic heterocycles. The first-order chi connectivity index (χ1) is 9.08. The van der Waals surface area contributed by atoms with Crippen molar-refractivity contribution in [2.45, 2.75) is 17.1 Å². The minimum atomic E-state index is -0.0877. The van der Waals surface area contributed by atoms with E-state index in [1.807, 2.05) is 45.3 Å². The highest BCUT2D eigenvalue weighted by Gasteiger charge is 2.18. The van der Waals surface area contributed by atoms with Crippen LogP contribution in [0, 0.1) is 0 Å². The Morgan fingerprint density at radius 2 is 2.00 bits per heavy atom. The van der Waals surface area contributed by atoms with Crippen LogP contribution in [-0.2, 0) is 4.79 Å². The molecule has 0 saturated heterocycles. The van der Waals surface area contributed by atoms with Gasteiger partial charge in [0, 0.05) is 25.0 Å². The molecule has 0 bridgehead atoms. The second-order valence-electron chi connectivity index (χ2n) is 4.30. The van der Waals surface area contributed by atoms with Gasteiger partial charge in [-0.2, -0.15) is 0 Å². The molecule has 1 N–H and O–H groups in total. The summed E-state index contributed by atoms with van der Waals surface area (Å²) in [7, 11) is 5.36. The van der Waals surface area contributed by atoms with E-state index in [-0.39, 0.29) is 23.6 Å². The third kappa shape index (κ3) is 6.03. The molecule has 1 rings (SSSR count). The number of benzene rings is 1. The van der Waals surface area contributed by atoms with E-state index in [9.17, 15) is 4.79 Å². The Balaban J connectivity index is 0.00000361. The van der Waals surface area contributed by atoms with Gasteiger partial charge in [-0.3, -0.25) is 4.79 Å². The number of hydrogen-bond acceptors (Lipinski definition) is 4. The van der Waals surface area contributed by atoms with Crippen molar-refractivity contribution in [3.63, 3.8) is 0 Å². The number of rotatable bonds is 7. The largest absolute Gasteiger partial charge is 0.497 e. The molecule has 1 atom stereocenters. The number of carbonyl (C=O) groups is 1. The SMILES string of the molecule is CNCCN(C)C(=O)C(C)Sc1ccc(OC)cc1.Cl. The van der Waals surface area contributed by atoms with E-state index < -0.39 is 0 Å². The van der Waals surface area contributed by atoms with Gasteiger partial charge in [0.05, 0.1) is 12.4 Å². The molecule has 1 aromatic carbocycles. The molecule has 0 aliphatic rings. The molecule has 0 aromatic heterocycles. The Bertz CT molecular complexity index is 401. The number of ether oxygens (including phenoxy) is 1. The molecule has 0 heterocycles. The second kappa shape index (κ2) is 9.91. The summed E-state index contributed by atoms with van der Waals surface area (Å²) in [5.74, 6) is 0.977. The number of likely N-dealkylation sites (N-methyl/N-ethyl adjacent to an activating group) is 2. The Morgan fingerprint density at radius 3 is 2.50 bits per heavy atom. The molecule has 1 unspecified atom stereocenters. The quantitative estimate of drug-likeness (QED) is 0.783. The van der Waals surface area contributed by atoms with Gasteiger partial charge in [-0.25, -0.2) is 0 Å². The average Bonchev–Trinajstić information content (AvgIpc) is 2.44. The van der Waals surface area contributed by atoms with Gasteiger partial charge in [0.25, 0.3) is 0 Å². The lowest BCUT2D eigenvalue weighted by atomic mass is 10.3. The highest BCUT2D eigenvalue weighted by molar-refractivity contribution is 8.00. The first-order valence-electron chi connectivity index (χ1n) is 6.28. The molecule has 0 fully saturated rings. The molecule has 0 radical (unpaired) electrons. The van der Waals surface area contributed by atoms with E-state index >= 15 is 0 Å². The smallest absolute Gasteiger partial charge is 0.235 e. The van der Waals surface area contributed by atoms with Crippen LogP contribution in [0.1, 0.15) is 6.92 Å². The topological polar surface area (TPSA) is 41.6 Å². The van der Waals surface area contributed by atoms with Crippen LogP contribution in [0.4, 0.5) is 0 Å². The highest BCUT2D eigenvalue weighted by atomic mass is 35.5. The Labute approximate surface area is 131 Å². The number of nitrogens with zero attached hydrogens (tertiary/aromatic N) is 1. The molecular weight excluding hydrogens is 296 g/mol. The number of thioether (sulfide) groups is 1. The average molecular weight is 319 g/mol. The second-order valence-corrected chi connectivity index (χ2v) is 5.71. The minimum absolute atomic E-state index is 0. The number of methoxy groups -OCH3 is 1. The summed E-state index contributed by atoms with van der Waals surface area (Å²) < 4.78 is 5.11.